The average molecular weight is 223 g/mol. The number of benzene rings is 1. The Balaban J connectivity index is 2.63. The van der Waals surface area contributed by atoms with Gasteiger partial charge in [0.05, 0.1) is 6.54 Å². The number of hydrogen-bond acceptors (Lipinski definition) is 4. The second kappa shape index (κ2) is 5.51. The molecule has 3 N–H and O–H groups in total. The number of hydrogen-bond donors (Lipinski definition) is 3. The minimum atomic E-state index is -0.269. The van der Waals surface area contributed by atoms with E-state index < -0.39 is 0 Å². The van der Waals surface area contributed by atoms with E-state index in [-0.39, 0.29) is 29.9 Å². The molecule has 0 aliphatic rings. The molecule has 0 radical (unpaired) electrons. The smallest absolute Gasteiger partial charge is 0.176 e. The van der Waals surface area contributed by atoms with Crippen LogP contribution in [-0.2, 0) is 0 Å². The van der Waals surface area contributed by atoms with Gasteiger partial charge in [0.1, 0.15) is 0 Å². The third-order valence-corrected chi connectivity index (χ3v) is 2.52. The number of nitrogens with one attached hydrogen (secondary N) is 1. The normalized spacial score (nSPS) is 12.4. The molecule has 1 aromatic carbocycles. The third kappa shape index (κ3) is 3.24. The van der Waals surface area contributed by atoms with E-state index in [0.29, 0.717) is 5.56 Å². The molecule has 1 aromatic rings. The van der Waals surface area contributed by atoms with E-state index in [4.69, 9.17) is 5.11 Å². The number of ketones is 1. The molecular weight excluding hydrogens is 206 g/mol. The van der Waals surface area contributed by atoms with E-state index in [1.165, 1.54) is 18.2 Å². The highest BCUT2D eigenvalue weighted by molar-refractivity contribution is 5.98. The van der Waals surface area contributed by atoms with Crippen molar-refractivity contribution in [2.45, 2.75) is 26.3 Å². The van der Waals surface area contributed by atoms with Crippen LogP contribution in [0.25, 0.3) is 0 Å². The zero-order valence-electron chi connectivity index (χ0n) is 9.53. The Morgan fingerprint density at radius 3 is 2.62 bits per heavy atom. The first kappa shape index (κ1) is 12.5. The molecule has 4 heteroatoms. The van der Waals surface area contributed by atoms with Crippen molar-refractivity contribution in [1.82, 2.24) is 5.32 Å². The van der Waals surface area contributed by atoms with E-state index in [9.17, 15) is 9.90 Å². The van der Waals surface area contributed by atoms with Gasteiger partial charge < -0.3 is 15.5 Å². The molecule has 0 saturated heterocycles. The largest absolute Gasteiger partial charge is 0.504 e. The Kier molecular flexibility index (Phi) is 4.31. The molecular formula is C12H17NO3. The zero-order chi connectivity index (χ0) is 12.1. The number of phenolic OH excluding ortho intramolecular Hbond substituents is 2. The summed E-state index contributed by atoms with van der Waals surface area (Å²) in [4.78, 5) is 11.7. The van der Waals surface area contributed by atoms with Crippen LogP contribution in [-0.4, -0.2) is 28.6 Å². The van der Waals surface area contributed by atoms with Gasteiger partial charge in [-0.05, 0) is 31.5 Å². The maximum Gasteiger partial charge on any atom is 0.176 e. The van der Waals surface area contributed by atoms with Crippen molar-refractivity contribution in [1.29, 1.82) is 0 Å². The summed E-state index contributed by atoms with van der Waals surface area (Å²) in [6, 6.07) is 4.37. The minimum Gasteiger partial charge on any atom is -0.504 e. The molecule has 4 nitrogen and oxygen atoms in total. The molecule has 0 bridgehead atoms. The lowest BCUT2D eigenvalue weighted by Gasteiger charge is -2.10. The van der Waals surface area contributed by atoms with Crippen molar-refractivity contribution in [2.24, 2.45) is 0 Å². The van der Waals surface area contributed by atoms with Crippen LogP contribution in [0.5, 0.6) is 11.5 Å². The fourth-order valence-electron chi connectivity index (χ4n) is 1.21. The standard InChI is InChI=1S/C12H17NO3/c1-3-8(2)13-7-12(16)9-4-5-10(14)11(15)6-9/h4-6,8,13-15H,3,7H2,1-2H3/t8-/m0/s1. The monoisotopic (exact) mass is 223 g/mol. The number of carbonyl (C=O) groups excluding carboxylic acids is 1. The first-order valence-electron chi connectivity index (χ1n) is 5.33. The van der Waals surface area contributed by atoms with Gasteiger partial charge in [0.2, 0.25) is 0 Å². The van der Waals surface area contributed by atoms with Crippen LogP contribution in [0.15, 0.2) is 18.2 Å². The summed E-state index contributed by atoms with van der Waals surface area (Å²) < 4.78 is 0. The Morgan fingerprint density at radius 1 is 1.38 bits per heavy atom. The zero-order valence-corrected chi connectivity index (χ0v) is 9.53. The SMILES string of the molecule is CC[C@H](C)NCC(=O)c1ccc(O)c(O)c1. The van der Waals surface area contributed by atoms with Crippen LogP contribution >= 0.6 is 0 Å². The number of aromatic hydroxyl groups is 2. The van der Waals surface area contributed by atoms with Crippen LogP contribution in [0, 0.1) is 0 Å². The first-order chi connectivity index (χ1) is 7.54. The van der Waals surface area contributed by atoms with Crippen molar-refractivity contribution in [3.63, 3.8) is 0 Å². The Morgan fingerprint density at radius 2 is 2.06 bits per heavy atom. The third-order valence-electron chi connectivity index (χ3n) is 2.52. The molecule has 0 spiro atoms. The Bertz CT molecular complexity index is 377. The van der Waals surface area contributed by atoms with Crippen LogP contribution in [0.1, 0.15) is 30.6 Å². The van der Waals surface area contributed by atoms with E-state index >= 15 is 0 Å². The molecule has 0 heterocycles. The highest BCUT2D eigenvalue weighted by Gasteiger charge is 2.09. The van der Waals surface area contributed by atoms with Crippen LogP contribution in [0.4, 0.5) is 0 Å². The summed E-state index contributed by atoms with van der Waals surface area (Å²) >= 11 is 0. The second-order valence-corrected chi connectivity index (χ2v) is 3.82. The molecule has 88 valence electrons. The summed E-state index contributed by atoms with van der Waals surface area (Å²) in [5.41, 5.74) is 0.395. The van der Waals surface area contributed by atoms with Crippen LogP contribution in [0.2, 0.25) is 0 Å². The van der Waals surface area contributed by atoms with Crippen LogP contribution in [0.3, 0.4) is 0 Å². The summed E-state index contributed by atoms with van der Waals surface area (Å²) in [5.74, 6) is -0.587. The molecule has 1 atom stereocenters. The number of rotatable bonds is 5. The fourth-order valence-corrected chi connectivity index (χ4v) is 1.21. The predicted octanol–water partition coefficient (Wildman–Crippen LogP) is 1.67. The van der Waals surface area contributed by atoms with Crippen molar-refractivity contribution in [2.75, 3.05) is 6.54 Å². The van der Waals surface area contributed by atoms with Crippen molar-refractivity contribution >= 4 is 5.78 Å². The highest BCUT2D eigenvalue weighted by atomic mass is 16.3. The quantitative estimate of drug-likeness (QED) is 0.524. The fraction of sp³-hybridized carbons (Fsp3) is 0.417. The van der Waals surface area contributed by atoms with Gasteiger partial charge in [-0.2, -0.15) is 0 Å². The lowest BCUT2D eigenvalue weighted by molar-refractivity contribution is 0.0987. The van der Waals surface area contributed by atoms with E-state index in [1.54, 1.807) is 0 Å². The van der Waals surface area contributed by atoms with Gasteiger partial charge in [-0.15, -0.1) is 0 Å². The Labute approximate surface area is 94.9 Å². The maximum atomic E-state index is 11.7. The van der Waals surface area contributed by atoms with Gasteiger partial charge in [-0.3, -0.25) is 4.79 Å². The minimum absolute atomic E-state index is 0.101. The maximum absolute atomic E-state index is 11.7. The van der Waals surface area contributed by atoms with Gasteiger partial charge in [0, 0.05) is 11.6 Å². The van der Waals surface area contributed by atoms with Gasteiger partial charge in [-0.1, -0.05) is 6.92 Å². The van der Waals surface area contributed by atoms with Gasteiger partial charge in [0.15, 0.2) is 17.3 Å². The summed E-state index contributed by atoms with van der Waals surface area (Å²) in [6.45, 7) is 4.27. The van der Waals surface area contributed by atoms with Crippen molar-refractivity contribution in [3.05, 3.63) is 23.8 Å². The van der Waals surface area contributed by atoms with E-state index in [2.05, 4.69) is 5.32 Å². The molecule has 0 aromatic heterocycles. The topological polar surface area (TPSA) is 69.6 Å². The van der Waals surface area contributed by atoms with Gasteiger partial charge in [-0.25, -0.2) is 0 Å². The molecule has 1 rings (SSSR count). The molecule has 16 heavy (non-hydrogen) atoms. The van der Waals surface area contributed by atoms with E-state index in [0.717, 1.165) is 6.42 Å². The number of carbonyl (C=O) groups is 1. The molecule has 0 fully saturated rings. The lowest BCUT2D eigenvalue weighted by atomic mass is 10.1. The number of Topliss-reactive ketones (excluding diaryl/α,β-unsaturated/α-hetero) is 1. The van der Waals surface area contributed by atoms with Crippen molar-refractivity contribution in [3.8, 4) is 11.5 Å². The average Bonchev–Trinajstić information content (AvgIpc) is 2.29. The molecule has 0 aliphatic carbocycles. The Hall–Kier alpha value is -1.55. The predicted molar refractivity (Wildman–Crippen MR) is 61.9 cm³/mol. The van der Waals surface area contributed by atoms with Gasteiger partial charge in [0.25, 0.3) is 0 Å². The lowest BCUT2D eigenvalue weighted by Crippen LogP contribution is -2.30. The van der Waals surface area contributed by atoms with Crippen LogP contribution < -0.4 is 5.32 Å². The number of phenols is 2. The van der Waals surface area contributed by atoms with Crippen molar-refractivity contribution < 1.29 is 15.0 Å². The summed E-state index contributed by atoms with van der Waals surface area (Å²) in [5, 5.41) is 21.4. The molecule has 0 amide bonds. The molecule has 0 unspecified atom stereocenters. The summed E-state index contributed by atoms with van der Waals surface area (Å²) in [6.07, 6.45) is 0.952. The first-order valence-corrected chi connectivity index (χ1v) is 5.33. The molecule has 0 aliphatic heterocycles. The summed E-state index contributed by atoms with van der Waals surface area (Å²) in [7, 11) is 0. The van der Waals surface area contributed by atoms with Gasteiger partial charge >= 0.3 is 0 Å². The van der Waals surface area contributed by atoms with E-state index in [1.807, 2.05) is 13.8 Å². The molecule has 0 saturated carbocycles. The second-order valence-electron chi connectivity index (χ2n) is 3.82. The highest BCUT2D eigenvalue weighted by Crippen LogP contribution is 2.24.